The smallest absolute Gasteiger partial charge is 0.164 e. The quantitative estimate of drug-likeness (QED) is 0.198. The van der Waals surface area contributed by atoms with Crippen molar-refractivity contribution in [1.29, 1.82) is 0 Å². The molecule has 204 valence electrons. The van der Waals surface area contributed by atoms with Crippen molar-refractivity contribution in [3.8, 4) is 68.3 Å². The fourth-order valence-electron chi connectivity index (χ4n) is 4.68. The first-order valence-corrected chi connectivity index (χ1v) is 14.1. The van der Waals surface area contributed by atoms with Crippen molar-refractivity contribution in [3.05, 3.63) is 145 Å². The normalized spacial score (nSPS) is 10.9. The van der Waals surface area contributed by atoms with Crippen LogP contribution in [0.5, 0.6) is 0 Å². The van der Waals surface area contributed by atoms with E-state index in [0.717, 1.165) is 33.4 Å². The highest BCUT2D eigenvalue weighted by Gasteiger charge is 2.15. The van der Waals surface area contributed by atoms with Gasteiger partial charge in [0.1, 0.15) is 0 Å². The third kappa shape index (κ3) is 5.77. The van der Waals surface area contributed by atoms with Crippen LogP contribution in [-0.2, 0) is 0 Å². The number of halogens is 1. The number of rotatable bonds is 6. The summed E-state index contributed by atoms with van der Waals surface area (Å²) in [6.07, 6.45) is 0. The van der Waals surface area contributed by atoms with Crippen molar-refractivity contribution in [2.75, 3.05) is 0 Å². The Morgan fingerprint density at radius 1 is 0.279 bits per heavy atom. The predicted octanol–water partition coefficient (Wildman–Crippen LogP) is 8.71. The van der Waals surface area contributed by atoms with Crippen LogP contribution in [0.3, 0.4) is 0 Å². The number of benzene rings is 5. The van der Waals surface area contributed by atoms with E-state index >= 15 is 0 Å². The summed E-state index contributed by atoms with van der Waals surface area (Å²) in [6.45, 7) is 0. The van der Waals surface area contributed by atoms with Crippen LogP contribution in [-0.4, -0.2) is 29.9 Å². The molecule has 0 fully saturated rings. The van der Waals surface area contributed by atoms with Crippen molar-refractivity contribution in [2.45, 2.75) is 0 Å². The van der Waals surface area contributed by atoms with Gasteiger partial charge in [-0.2, -0.15) is 0 Å². The Kier molecular flexibility index (Phi) is 7.17. The Hall–Kier alpha value is -5.59. The van der Waals surface area contributed by atoms with E-state index in [1.165, 1.54) is 0 Å². The van der Waals surface area contributed by atoms with E-state index in [4.69, 9.17) is 41.5 Å². The average molecular weight is 575 g/mol. The Morgan fingerprint density at radius 2 is 0.558 bits per heavy atom. The summed E-state index contributed by atoms with van der Waals surface area (Å²) < 4.78 is 0. The van der Waals surface area contributed by atoms with Crippen LogP contribution >= 0.6 is 11.6 Å². The first kappa shape index (κ1) is 26.3. The molecule has 2 aromatic heterocycles. The second-order valence-corrected chi connectivity index (χ2v) is 10.2. The summed E-state index contributed by atoms with van der Waals surface area (Å²) in [7, 11) is 0. The molecule has 0 unspecified atom stereocenters. The molecule has 7 rings (SSSR count). The zero-order valence-electron chi connectivity index (χ0n) is 22.8. The lowest BCUT2D eigenvalue weighted by atomic mass is 10.1. The van der Waals surface area contributed by atoms with Crippen LogP contribution in [0.1, 0.15) is 0 Å². The van der Waals surface area contributed by atoms with Gasteiger partial charge in [-0.1, -0.05) is 139 Å². The highest BCUT2D eigenvalue weighted by Crippen LogP contribution is 2.29. The monoisotopic (exact) mass is 574 g/mol. The topological polar surface area (TPSA) is 77.3 Å². The van der Waals surface area contributed by atoms with Crippen molar-refractivity contribution in [1.82, 2.24) is 29.9 Å². The molecule has 0 saturated heterocycles. The van der Waals surface area contributed by atoms with Crippen molar-refractivity contribution < 1.29 is 0 Å². The first-order chi connectivity index (χ1) is 21.2. The van der Waals surface area contributed by atoms with Gasteiger partial charge in [0.2, 0.25) is 0 Å². The fourth-order valence-corrected chi connectivity index (χ4v) is 4.87. The van der Waals surface area contributed by atoms with Gasteiger partial charge in [-0.15, -0.1) is 0 Å². The van der Waals surface area contributed by atoms with E-state index in [2.05, 4.69) is 0 Å². The molecule has 0 spiro atoms. The zero-order chi connectivity index (χ0) is 29.0. The number of nitrogens with zero attached hydrogens (tertiary/aromatic N) is 6. The largest absolute Gasteiger partial charge is 0.208 e. The Balaban J connectivity index is 1.31. The summed E-state index contributed by atoms with van der Waals surface area (Å²) in [5.41, 5.74) is 5.26. The van der Waals surface area contributed by atoms with Crippen LogP contribution < -0.4 is 0 Å². The second-order valence-electron chi connectivity index (χ2n) is 9.80. The van der Waals surface area contributed by atoms with Gasteiger partial charge in [-0.25, -0.2) is 29.9 Å². The maximum Gasteiger partial charge on any atom is 0.164 e. The van der Waals surface area contributed by atoms with Gasteiger partial charge >= 0.3 is 0 Å². The highest BCUT2D eigenvalue weighted by atomic mass is 35.5. The lowest BCUT2D eigenvalue weighted by Gasteiger charge is -2.10. The molecule has 2 heterocycles. The predicted molar refractivity (Wildman–Crippen MR) is 171 cm³/mol. The van der Waals surface area contributed by atoms with E-state index < -0.39 is 0 Å². The van der Waals surface area contributed by atoms with E-state index in [9.17, 15) is 0 Å². The maximum absolute atomic E-state index is 6.30. The molecule has 0 amide bonds. The summed E-state index contributed by atoms with van der Waals surface area (Å²) in [4.78, 5) is 28.9. The van der Waals surface area contributed by atoms with Crippen molar-refractivity contribution in [3.63, 3.8) is 0 Å². The second kappa shape index (κ2) is 11.7. The Bertz CT molecular complexity index is 1960. The van der Waals surface area contributed by atoms with Crippen LogP contribution in [0.25, 0.3) is 68.3 Å². The lowest BCUT2D eigenvalue weighted by molar-refractivity contribution is 1.07. The van der Waals surface area contributed by atoms with Crippen molar-refractivity contribution >= 4 is 11.6 Å². The molecular formula is C36H23ClN6. The molecule has 7 aromatic rings. The molecule has 0 aliphatic heterocycles. The molecule has 0 radical (unpaired) electrons. The average Bonchev–Trinajstić information content (AvgIpc) is 3.09. The number of hydrogen-bond donors (Lipinski definition) is 0. The summed E-state index contributed by atoms with van der Waals surface area (Å²) in [5, 5.41) is 0.618. The van der Waals surface area contributed by atoms with E-state index in [1.54, 1.807) is 0 Å². The van der Waals surface area contributed by atoms with Gasteiger partial charge in [-0.05, 0) is 12.1 Å². The maximum atomic E-state index is 6.30. The van der Waals surface area contributed by atoms with Crippen LogP contribution in [0.15, 0.2) is 140 Å². The van der Waals surface area contributed by atoms with E-state index in [-0.39, 0.29) is 0 Å². The zero-order valence-corrected chi connectivity index (χ0v) is 23.6. The molecule has 7 heteroatoms. The third-order valence-corrected chi connectivity index (χ3v) is 7.09. The molecule has 0 atom stereocenters. The van der Waals surface area contributed by atoms with Gasteiger partial charge < -0.3 is 0 Å². The van der Waals surface area contributed by atoms with Crippen molar-refractivity contribution in [2.24, 2.45) is 0 Å². The lowest BCUT2D eigenvalue weighted by Crippen LogP contribution is -2.01. The fraction of sp³-hybridized carbons (Fsp3) is 0. The van der Waals surface area contributed by atoms with Gasteiger partial charge in [0, 0.05) is 38.4 Å². The van der Waals surface area contributed by atoms with E-state index in [1.807, 2.05) is 140 Å². The molecule has 5 aromatic carbocycles. The van der Waals surface area contributed by atoms with Crippen LogP contribution in [0.4, 0.5) is 0 Å². The molecule has 0 saturated carbocycles. The number of aromatic nitrogens is 6. The molecule has 6 nitrogen and oxygen atoms in total. The first-order valence-electron chi connectivity index (χ1n) is 13.7. The summed E-state index contributed by atoms with van der Waals surface area (Å²) in [5.74, 6) is 3.50. The van der Waals surface area contributed by atoms with Gasteiger partial charge in [-0.3, -0.25) is 0 Å². The van der Waals surface area contributed by atoms with Gasteiger partial charge in [0.05, 0.1) is 0 Å². The Morgan fingerprint density at radius 3 is 0.884 bits per heavy atom. The van der Waals surface area contributed by atoms with E-state index in [0.29, 0.717) is 40.0 Å². The third-order valence-electron chi connectivity index (χ3n) is 6.85. The molecule has 0 aliphatic carbocycles. The minimum atomic E-state index is 0.549. The molecule has 0 aliphatic rings. The summed E-state index contributed by atoms with van der Waals surface area (Å²) in [6, 6.07) is 45.2. The van der Waals surface area contributed by atoms with Gasteiger partial charge in [0.25, 0.3) is 0 Å². The summed E-state index contributed by atoms with van der Waals surface area (Å²) >= 11 is 6.30. The molecule has 0 N–H and O–H groups in total. The number of hydrogen-bond acceptors (Lipinski definition) is 6. The minimum absolute atomic E-state index is 0.549. The van der Waals surface area contributed by atoms with Crippen LogP contribution in [0, 0.1) is 0 Å². The highest BCUT2D eigenvalue weighted by molar-refractivity contribution is 6.30. The van der Waals surface area contributed by atoms with Crippen LogP contribution in [0.2, 0.25) is 5.02 Å². The Labute approximate surface area is 253 Å². The minimum Gasteiger partial charge on any atom is -0.208 e. The van der Waals surface area contributed by atoms with Gasteiger partial charge in [0.15, 0.2) is 34.9 Å². The molecule has 0 bridgehead atoms. The standard InChI is InChI=1S/C36H23ClN6/c37-30-18-10-17-29(23-30)36-42-33(26-15-8-3-9-16-26)41-35(43-36)28-21-19-27(20-22-28)34-39-31(24-11-4-1-5-12-24)38-32(40-34)25-13-6-2-7-14-25/h1-23H. The molecular weight excluding hydrogens is 552 g/mol. The SMILES string of the molecule is Clc1cccc(-c2nc(-c3ccccc3)nc(-c3ccc(-c4nc(-c5ccccc5)nc(-c5ccccc5)n4)cc3)n2)c1. The molecule has 43 heavy (non-hydrogen) atoms.